The first kappa shape index (κ1) is 18.5. The molecule has 0 bridgehead atoms. The Labute approximate surface area is 153 Å². The minimum Gasteiger partial charge on any atom is -0.336 e. The molecule has 1 amide bonds. The number of nitrogens with one attached hydrogen (secondary N) is 2. The molecule has 138 valence electrons. The molecule has 26 heavy (non-hydrogen) atoms. The van der Waals surface area contributed by atoms with E-state index in [4.69, 9.17) is 0 Å². The molecule has 1 aromatic carbocycles. The van der Waals surface area contributed by atoms with Gasteiger partial charge in [-0.25, -0.2) is 13.1 Å². The molecule has 0 unspecified atom stereocenters. The summed E-state index contributed by atoms with van der Waals surface area (Å²) in [5.41, 5.74) is 1.96. The van der Waals surface area contributed by atoms with Crippen molar-refractivity contribution in [1.29, 1.82) is 0 Å². The summed E-state index contributed by atoms with van der Waals surface area (Å²) in [6.45, 7) is 4.71. The van der Waals surface area contributed by atoms with Crippen molar-refractivity contribution in [2.75, 3.05) is 26.2 Å². The van der Waals surface area contributed by atoms with Crippen LogP contribution in [0.15, 0.2) is 47.5 Å². The first-order chi connectivity index (χ1) is 12.5. The largest absolute Gasteiger partial charge is 0.336 e. The van der Waals surface area contributed by atoms with E-state index in [1.54, 1.807) is 29.3 Å². The molecule has 3 rings (SSSR count). The van der Waals surface area contributed by atoms with Crippen molar-refractivity contribution in [3.05, 3.63) is 59.4 Å². The minimum absolute atomic E-state index is 0.0760. The Kier molecular flexibility index (Phi) is 5.65. The van der Waals surface area contributed by atoms with Crippen LogP contribution in [-0.4, -0.2) is 50.4 Å². The number of hydrogen-bond acceptors (Lipinski definition) is 5. The Morgan fingerprint density at radius 1 is 1.23 bits per heavy atom. The Bertz CT molecular complexity index is 893. The van der Waals surface area contributed by atoms with Crippen LogP contribution in [0.4, 0.5) is 0 Å². The number of nitrogens with zero attached hydrogens (tertiary/aromatic N) is 2. The summed E-state index contributed by atoms with van der Waals surface area (Å²) in [7, 11) is -3.74. The number of benzene rings is 1. The van der Waals surface area contributed by atoms with E-state index >= 15 is 0 Å². The van der Waals surface area contributed by atoms with Gasteiger partial charge in [0.25, 0.3) is 5.91 Å². The van der Waals surface area contributed by atoms with E-state index < -0.39 is 10.0 Å². The predicted octanol–water partition coefficient (Wildman–Crippen LogP) is 0.914. The van der Waals surface area contributed by atoms with Gasteiger partial charge in [0.05, 0.1) is 17.1 Å². The number of sulfonamides is 1. The van der Waals surface area contributed by atoms with Crippen molar-refractivity contribution in [3.63, 3.8) is 0 Å². The smallest absolute Gasteiger partial charge is 0.253 e. The zero-order chi connectivity index (χ0) is 18.6. The summed E-state index contributed by atoms with van der Waals surface area (Å²) in [5, 5.41) is 3.19. The van der Waals surface area contributed by atoms with Crippen molar-refractivity contribution in [2.45, 2.75) is 18.4 Å². The molecular weight excluding hydrogens is 352 g/mol. The van der Waals surface area contributed by atoms with Gasteiger partial charge in [0.1, 0.15) is 0 Å². The van der Waals surface area contributed by atoms with E-state index in [0.717, 1.165) is 18.7 Å². The van der Waals surface area contributed by atoms with Crippen molar-refractivity contribution in [1.82, 2.24) is 19.9 Å². The SMILES string of the molecule is Cc1cccnc1CNS(=O)(=O)c1cccc(C(=O)N2CCNCC2)c1. The lowest BCUT2D eigenvalue weighted by Gasteiger charge is -2.27. The van der Waals surface area contributed by atoms with Gasteiger partial charge in [-0.3, -0.25) is 9.78 Å². The standard InChI is InChI=1S/C18H22N4O3S/c1-14-4-3-7-20-17(14)13-21-26(24,25)16-6-2-5-15(12-16)18(23)22-10-8-19-9-11-22/h2-7,12,19,21H,8-11,13H2,1H3. The summed E-state index contributed by atoms with van der Waals surface area (Å²) in [6, 6.07) is 9.84. The molecule has 1 aliphatic heterocycles. The third kappa shape index (κ3) is 4.27. The zero-order valence-electron chi connectivity index (χ0n) is 14.6. The van der Waals surface area contributed by atoms with Gasteiger partial charge in [0, 0.05) is 37.9 Å². The molecule has 1 saturated heterocycles. The highest BCUT2D eigenvalue weighted by Crippen LogP contribution is 2.15. The van der Waals surface area contributed by atoms with Crippen molar-refractivity contribution in [3.8, 4) is 0 Å². The second kappa shape index (κ2) is 7.94. The van der Waals surface area contributed by atoms with Crippen LogP contribution in [0, 0.1) is 6.92 Å². The first-order valence-corrected chi connectivity index (χ1v) is 9.96. The third-order valence-corrected chi connectivity index (χ3v) is 5.74. The number of aryl methyl sites for hydroxylation is 1. The van der Waals surface area contributed by atoms with E-state index in [2.05, 4.69) is 15.0 Å². The van der Waals surface area contributed by atoms with Gasteiger partial charge in [0.2, 0.25) is 10.0 Å². The van der Waals surface area contributed by atoms with Gasteiger partial charge in [-0.1, -0.05) is 12.1 Å². The number of carbonyl (C=O) groups excluding carboxylic acids is 1. The van der Waals surface area contributed by atoms with Crippen molar-refractivity contribution < 1.29 is 13.2 Å². The maximum absolute atomic E-state index is 12.6. The highest BCUT2D eigenvalue weighted by molar-refractivity contribution is 7.89. The van der Waals surface area contributed by atoms with Crippen molar-refractivity contribution in [2.24, 2.45) is 0 Å². The summed E-state index contributed by atoms with van der Waals surface area (Å²) >= 11 is 0. The number of piperazine rings is 1. The number of hydrogen-bond donors (Lipinski definition) is 2. The number of carbonyl (C=O) groups is 1. The highest BCUT2D eigenvalue weighted by Gasteiger charge is 2.21. The third-order valence-electron chi connectivity index (χ3n) is 4.34. The molecule has 2 N–H and O–H groups in total. The Hall–Kier alpha value is -2.29. The molecule has 2 aromatic rings. The quantitative estimate of drug-likeness (QED) is 0.812. The molecule has 1 aliphatic rings. The molecule has 7 nitrogen and oxygen atoms in total. The van der Waals surface area contributed by atoms with E-state index in [-0.39, 0.29) is 17.3 Å². The maximum atomic E-state index is 12.6. The molecule has 1 fully saturated rings. The topological polar surface area (TPSA) is 91.4 Å². The number of aromatic nitrogens is 1. The molecule has 1 aromatic heterocycles. The molecule has 0 spiro atoms. The Morgan fingerprint density at radius 3 is 2.73 bits per heavy atom. The lowest BCUT2D eigenvalue weighted by Crippen LogP contribution is -2.46. The molecule has 8 heteroatoms. The average molecular weight is 374 g/mol. The van der Waals surface area contributed by atoms with Crippen LogP contribution < -0.4 is 10.0 Å². The summed E-state index contributed by atoms with van der Waals surface area (Å²) < 4.78 is 27.7. The summed E-state index contributed by atoms with van der Waals surface area (Å²) in [5.74, 6) is -0.149. The fourth-order valence-electron chi connectivity index (χ4n) is 2.80. The van der Waals surface area contributed by atoms with Crippen LogP contribution in [0.1, 0.15) is 21.6 Å². The number of rotatable bonds is 5. The Morgan fingerprint density at radius 2 is 2.00 bits per heavy atom. The minimum atomic E-state index is -3.74. The fourth-order valence-corrected chi connectivity index (χ4v) is 3.83. The van der Waals surface area contributed by atoms with Crippen LogP contribution in [0.5, 0.6) is 0 Å². The molecule has 0 aliphatic carbocycles. The molecule has 2 heterocycles. The van der Waals surface area contributed by atoms with E-state index in [0.29, 0.717) is 24.3 Å². The lowest BCUT2D eigenvalue weighted by atomic mass is 10.2. The van der Waals surface area contributed by atoms with E-state index in [1.165, 1.54) is 12.1 Å². The van der Waals surface area contributed by atoms with Gasteiger partial charge in [-0.15, -0.1) is 0 Å². The summed E-state index contributed by atoms with van der Waals surface area (Å²) in [4.78, 5) is 18.6. The number of pyridine rings is 1. The normalized spacial score (nSPS) is 15.0. The average Bonchev–Trinajstić information content (AvgIpc) is 2.67. The van der Waals surface area contributed by atoms with Crippen molar-refractivity contribution >= 4 is 15.9 Å². The van der Waals surface area contributed by atoms with Crippen LogP contribution >= 0.6 is 0 Å². The maximum Gasteiger partial charge on any atom is 0.253 e. The van der Waals surface area contributed by atoms with Gasteiger partial charge < -0.3 is 10.2 Å². The van der Waals surface area contributed by atoms with E-state index in [9.17, 15) is 13.2 Å². The van der Waals surface area contributed by atoms with Gasteiger partial charge in [-0.05, 0) is 36.8 Å². The first-order valence-electron chi connectivity index (χ1n) is 8.47. The molecule has 0 atom stereocenters. The zero-order valence-corrected chi connectivity index (χ0v) is 15.4. The van der Waals surface area contributed by atoms with Gasteiger partial charge in [-0.2, -0.15) is 0 Å². The van der Waals surface area contributed by atoms with Crippen LogP contribution in [0.25, 0.3) is 0 Å². The van der Waals surface area contributed by atoms with Gasteiger partial charge in [0.15, 0.2) is 0 Å². The Balaban J connectivity index is 1.75. The van der Waals surface area contributed by atoms with Crippen LogP contribution in [0.2, 0.25) is 0 Å². The van der Waals surface area contributed by atoms with E-state index in [1.807, 2.05) is 13.0 Å². The second-order valence-corrected chi connectivity index (χ2v) is 7.93. The fraction of sp³-hybridized carbons (Fsp3) is 0.333. The number of amides is 1. The molecule has 0 radical (unpaired) electrons. The molecular formula is C18H22N4O3S. The van der Waals surface area contributed by atoms with Crippen LogP contribution in [-0.2, 0) is 16.6 Å². The lowest BCUT2D eigenvalue weighted by molar-refractivity contribution is 0.0735. The summed E-state index contributed by atoms with van der Waals surface area (Å²) in [6.07, 6.45) is 1.63. The predicted molar refractivity (Wildman–Crippen MR) is 98.2 cm³/mol. The van der Waals surface area contributed by atoms with Gasteiger partial charge >= 0.3 is 0 Å². The second-order valence-electron chi connectivity index (χ2n) is 6.16. The highest BCUT2D eigenvalue weighted by atomic mass is 32.2. The molecule has 0 saturated carbocycles. The monoisotopic (exact) mass is 374 g/mol. The van der Waals surface area contributed by atoms with Crippen LogP contribution in [0.3, 0.4) is 0 Å².